The molecule has 0 saturated carbocycles. The van der Waals surface area contributed by atoms with Gasteiger partial charge in [0.1, 0.15) is 11.4 Å². The third-order valence-corrected chi connectivity index (χ3v) is 4.47. The lowest BCUT2D eigenvalue weighted by Gasteiger charge is -2.26. The first kappa shape index (κ1) is 19.1. The van der Waals surface area contributed by atoms with E-state index in [1.165, 1.54) is 29.3 Å². The first-order valence-electron chi connectivity index (χ1n) is 8.86. The fourth-order valence-corrected chi connectivity index (χ4v) is 3.12. The predicted octanol–water partition coefficient (Wildman–Crippen LogP) is 5.26. The molecule has 0 bridgehead atoms. The van der Waals surface area contributed by atoms with E-state index in [-0.39, 0.29) is 18.4 Å². The van der Waals surface area contributed by atoms with Gasteiger partial charge in [0.15, 0.2) is 5.82 Å². The molecule has 4 rings (SSSR count). The number of nitrogens with one attached hydrogen (secondary N) is 1. The summed E-state index contributed by atoms with van der Waals surface area (Å²) in [4.78, 5) is 13.4. The molecule has 29 heavy (non-hydrogen) atoms. The van der Waals surface area contributed by atoms with Gasteiger partial charge in [0.05, 0.1) is 12.6 Å². The Morgan fingerprint density at radius 1 is 1.03 bits per heavy atom. The molecular weight excluding hydrogens is 388 g/mol. The summed E-state index contributed by atoms with van der Waals surface area (Å²) in [6.07, 6.45) is -3.42. The van der Waals surface area contributed by atoms with E-state index in [2.05, 4.69) is 15.3 Å². The fraction of sp³-hybridized carbons (Fsp3) is 0.200. The minimum Gasteiger partial charge on any atom is -0.324 e. The van der Waals surface area contributed by atoms with E-state index in [0.717, 1.165) is 11.8 Å². The van der Waals surface area contributed by atoms with Crippen LogP contribution in [0, 0.1) is 5.82 Å². The van der Waals surface area contributed by atoms with E-state index in [0.29, 0.717) is 12.1 Å². The number of anilines is 3. The molecule has 0 aliphatic carbocycles. The number of halogens is 4. The summed E-state index contributed by atoms with van der Waals surface area (Å²) >= 11 is 0. The van der Waals surface area contributed by atoms with Gasteiger partial charge in [0.2, 0.25) is 5.95 Å². The smallest absolute Gasteiger partial charge is 0.324 e. The second kappa shape index (κ2) is 7.67. The molecule has 9 heteroatoms. The molecule has 1 fully saturated rings. The number of rotatable bonds is 4. The maximum atomic E-state index is 13.6. The van der Waals surface area contributed by atoms with Crippen molar-refractivity contribution in [3.8, 4) is 0 Å². The normalized spacial score (nSPS) is 16.8. The average Bonchev–Trinajstić information content (AvgIpc) is 3.19. The molecule has 1 aliphatic rings. The highest BCUT2D eigenvalue weighted by atomic mass is 19.4. The second-order valence-electron chi connectivity index (χ2n) is 6.43. The molecule has 0 amide bonds. The lowest BCUT2D eigenvalue weighted by Crippen LogP contribution is -2.26. The Kier molecular flexibility index (Phi) is 5.06. The molecule has 1 atom stereocenters. The molecule has 2 heterocycles. The van der Waals surface area contributed by atoms with Gasteiger partial charge in [-0.3, -0.25) is 4.84 Å². The standard InChI is InChI=1S/C20H16F4N4O/c21-14-6-8-15(9-7-14)26-19-25-12-16(20(22,23)24)18(27-19)28-17(10-11-29-28)13-4-2-1-3-5-13/h1-9,12,17H,10-11H2,(H,25,26,27)/t17-/m0/s1. The van der Waals surface area contributed by atoms with Crippen molar-refractivity contribution in [3.63, 3.8) is 0 Å². The van der Waals surface area contributed by atoms with Crippen molar-refractivity contribution in [3.05, 3.63) is 77.7 Å². The van der Waals surface area contributed by atoms with Crippen molar-refractivity contribution < 1.29 is 22.4 Å². The zero-order valence-electron chi connectivity index (χ0n) is 15.0. The first-order chi connectivity index (χ1) is 13.9. The zero-order chi connectivity index (χ0) is 20.4. The van der Waals surface area contributed by atoms with Crippen LogP contribution in [0.3, 0.4) is 0 Å². The van der Waals surface area contributed by atoms with Gasteiger partial charge in [-0.25, -0.2) is 14.4 Å². The maximum absolute atomic E-state index is 13.6. The highest BCUT2D eigenvalue weighted by Crippen LogP contribution is 2.41. The number of hydroxylamine groups is 1. The van der Waals surface area contributed by atoms with Gasteiger partial charge < -0.3 is 5.32 Å². The van der Waals surface area contributed by atoms with Gasteiger partial charge in [-0.15, -0.1) is 0 Å². The number of nitrogens with zero attached hydrogens (tertiary/aromatic N) is 3. The van der Waals surface area contributed by atoms with E-state index < -0.39 is 23.6 Å². The average molecular weight is 404 g/mol. The van der Waals surface area contributed by atoms with Gasteiger partial charge in [0.25, 0.3) is 0 Å². The van der Waals surface area contributed by atoms with E-state index in [1.54, 1.807) is 0 Å². The van der Waals surface area contributed by atoms with Crippen molar-refractivity contribution in [2.75, 3.05) is 17.0 Å². The van der Waals surface area contributed by atoms with Crippen LogP contribution < -0.4 is 10.4 Å². The van der Waals surface area contributed by atoms with Crippen LogP contribution in [0.2, 0.25) is 0 Å². The number of benzene rings is 2. The molecular formula is C20H16F4N4O. The van der Waals surface area contributed by atoms with Crippen molar-refractivity contribution in [1.29, 1.82) is 0 Å². The van der Waals surface area contributed by atoms with E-state index in [4.69, 9.17) is 4.84 Å². The van der Waals surface area contributed by atoms with Crippen molar-refractivity contribution >= 4 is 17.5 Å². The SMILES string of the molecule is Fc1ccc(Nc2ncc(C(F)(F)F)c(N3OCC[C@H]3c3ccccc3)n2)cc1. The summed E-state index contributed by atoms with van der Waals surface area (Å²) in [5.74, 6) is -0.855. The molecule has 5 nitrogen and oxygen atoms in total. The van der Waals surface area contributed by atoms with Gasteiger partial charge in [-0.1, -0.05) is 30.3 Å². The summed E-state index contributed by atoms with van der Waals surface area (Å²) in [5.41, 5.74) is 0.272. The monoisotopic (exact) mass is 404 g/mol. The summed E-state index contributed by atoms with van der Waals surface area (Å²) in [7, 11) is 0. The summed E-state index contributed by atoms with van der Waals surface area (Å²) < 4.78 is 53.9. The Morgan fingerprint density at radius 2 is 1.76 bits per heavy atom. The van der Waals surface area contributed by atoms with E-state index >= 15 is 0 Å². The zero-order valence-corrected chi connectivity index (χ0v) is 15.0. The van der Waals surface area contributed by atoms with Crippen molar-refractivity contribution in [2.24, 2.45) is 0 Å². The van der Waals surface area contributed by atoms with Gasteiger partial charge >= 0.3 is 6.18 Å². The molecule has 150 valence electrons. The summed E-state index contributed by atoms with van der Waals surface area (Å²) in [6.45, 7) is 0.265. The minimum absolute atomic E-state index is 0.0538. The third-order valence-electron chi connectivity index (χ3n) is 4.47. The maximum Gasteiger partial charge on any atom is 0.421 e. The summed E-state index contributed by atoms with van der Waals surface area (Å²) in [5, 5.41) is 3.98. The Balaban J connectivity index is 1.72. The molecule has 0 radical (unpaired) electrons. The molecule has 2 aromatic carbocycles. The highest BCUT2D eigenvalue weighted by molar-refractivity contribution is 5.57. The largest absolute Gasteiger partial charge is 0.421 e. The van der Waals surface area contributed by atoms with Crippen LogP contribution in [-0.2, 0) is 11.0 Å². The van der Waals surface area contributed by atoms with Crippen LogP contribution in [0.4, 0.5) is 35.0 Å². The second-order valence-corrected chi connectivity index (χ2v) is 6.43. The Hall–Kier alpha value is -3.20. The van der Waals surface area contributed by atoms with Gasteiger partial charge in [-0.2, -0.15) is 18.2 Å². The molecule has 0 unspecified atom stereocenters. The highest BCUT2D eigenvalue weighted by Gasteiger charge is 2.40. The number of hydrogen-bond acceptors (Lipinski definition) is 5. The molecule has 1 N–H and O–H groups in total. The van der Waals surface area contributed by atoms with Crippen LogP contribution in [0.15, 0.2) is 60.8 Å². The number of alkyl halides is 3. The van der Waals surface area contributed by atoms with Gasteiger partial charge in [0, 0.05) is 18.3 Å². The van der Waals surface area contributed by atoms with Crippen molar-refractivity contribution in [2.45, 2.75) is 18.6 Å². The lowest BCUT2D eigenvalue weighted by molar-refractivity contribution is -0.138. The summed E-state index contributed by atoms with van der Waals surface area (Å²) in [6, 6.07) is 14.0. The van der Waals surface area contributed by atoms with Crippen LogP contribution in [0.1, 0.15) is 23.6 Å². The molecule has 1 saturated heterocycles. The quantitative estimate of drug-likeness (QED) is 0.601. The Labute approximate surface area is 163 Å². The topological polar surface area (TPSA) is 50.3 Å². The Morgan fingerprint density at radius 3 is 2.45 bits per heavy atom. The molecule has 1 aromatic heterocycles. The van der Waals surface area contributed by atoms with Crippen LogP contribution in [-0.4, -0.2) is 16.6 Å². The fourth-order valence-electron chi connectivity index (χ4n) is 3.12. The minimum atomic E-state index is -4.66. The van der Waals surface area contributed by atoms with Crippen LogP contribution in [0.5, 0.6) is 0 Å². The number of aromatic nitrogens is 2. The molecule has 0 spiro atoms. The first-order valence-corrected chi connectivity index (χ1v) is 8.86. The third kappa shape index (κ3) is 4.14. The van der Waals surface area contributed by atoms with Crippen molar-refractivity contribution in [1.82, 2.24) is 9.97 Å². The van der Waals surface area contributed by atoms with Crippen LogP contribution >= 0.6 is 0 Å². The predicted molar refractivity (Wildman–Crippen MR) is 98.9 cm³/mol. The van der Waals surface area contributed by atoms with Gasteiger partial charge in [-0.05, 0) is 29.8 Å². The number of hydrogen-bond donors (Lipinski definition) is 1. The van der Waals surface area contributed by atoms with E-state index in [1.807, 2.05) is 30.3 Å². The Bertz CT molecular complexity index is 980. The van der Waals surface area contributed by atoms with E-state index in [9.17, 15) is 17.6 Å². The van der Waals surface area contributed by atoms with Crippen LogP contribution in [0.25, 0.3) is 0 Å². The molecule has 1 aliphatic heterocycles. The molecule has 3 aromatic rings. The lowest BCUT2D eigenvalue weighted by atomic mass is 10.0.